The van der Waals surface area contributed by atoms with E-state index in [1.807, 2.05) is 25.1 Å². The number of hydrogen-bond donors (Lipinski definition) is 0. The van der Waals surface area contributed by atoms with E-state index in [-0.39, 0.29) is 5.75 Å². The van der Waals surface area contributed by atoms with Crippen molar-refractivity contribution in [1.82, 2.24) is 0 Å². The van der Waals surface area contributed by atoms with Gasteiger partial charge in [0.1, 0.15) is 11.5 Å². The van der Waals surface area contributed by atoms with Crippen molar-refractivity contribution in [3.05, 3.63) is 64.7 Å². The van der Waals surface area contributed by atoms with E-state index in [1.165, 1.54) is 0 Å². The highest BCUT2D eigenvalue weighted by Gasteiger charge is 2.16. The fraction of sp³-hybridized carbons (Fsp3) is 0.188. The highest BCUT2D eigenvalue weighted by Crippen LogP contribution is 2.22. The van der Waals surface area contributed by atoms with E-state index in [4.69, 9.17) is 9.44 Å². The van der Waals surface area contributed by atoms with Crippen molar-refractivity contribution in [3.63, 3.8) is 0 Å². The van der Waals surface area contributed by atoms with Gasteiger partial charge in [0.15, 0.2) is 0 Å². The quantitative estimate of drug-likeness (QED) is 0.814. The molecule has 0 unspecified atom stereocenters. The van der Waals surface area contributed by atoms with Crippen LogP contribution in [0.15, 0.2) is 42.5 Å². The summed E-state index contributed by atoms with van der Waals surface area (Å²) in [6.45, 7) is 3.66. The first kappa shape index (κ1) is 15.1. The molecule has 5 heteroatoms. The molecule has 0 radical (unpaired) electrons. The number of nitriles is 1. The van der Waals surface area contributed by atoms with Gasteiger partial charge >= 0.3 is 10.1 Å². The van der Waals surface area contributed by atoms with Crippen molar-refractivity contribution in [2.24, 2.45) is 0 Å². The van der Waals surface area contributed by atoms with Gasteiger partial charge in [-0.3, -0.25) is 0 Å². The molecule has 108 valence electrons. The first-order valence-corrected chi connectivity index (χ1v) is 7.96. The average molecular weight is 301 g/mol. The molecule has 2 rings (SSSR count). The molecule has 0 amide bonds. The molecular weight excluding hydrogens is 286 g/mol. The number of aryl methyl sites for hydroxylation is 2. The van der Waals surface area contributed by atoms with Gasteiger partial charge in [-0.15, -0.1) is 0 Å². The Morgan fingerprint density at radius 3 is 2.62 bits per heavy atom. The third kappa shape index (κ3) is 4.07. The Morgan fingerprint density at radius 2 is 1.90 bits per heavy atom. The summed E-state index contributed by atoms with van der Waals surface area (Å²) < 4.78 is 29.4. The largest absolute Gasteiger partial charge is 0.382 e. The van der Waals surface area contributed by atoms with Crippen molar-refractivity contribution in [3.8, 4) is 11.8 Å². The van der Waals surface area contributed by atoms with Gasteiger partial charge in [-0.25, -0.2) is 0 Å². The molecule has 0 heterocycles. The maximum absolute atomic E-state index is 12.1. The van der Waals surface area contributed by atoms with Gasteiger partial charge in [0.05, 0.1) is 11.6 Å². The first-order valence-electron chi connectivity index (χ1n) is 6.38. The average Bonchev–Trinajstić information content (AvgIpc) is 2.42. The van der Waals surface area contributed by atoms with Gasteiger partial charge in [-0.1, -0.05) is 24.3 Å². The van der Waals surface area contributed by atoms with E-state index in [1.54, 1.807) is 37.3 Å². The van der Waals surface area contributed by atoms with Crippen LogP contribution in [-0.4, -0.2) is 8.42 Å². The van der Waals surface area contributed by atoms with Gasteiger partial charge in [0.2, 0.25) is 0 Å². The number of rotatable bonds is 4. The smallest absolute Gasteiger partial charge is 0.313 e. The zero-order valence-corrected chi connectivity index (χ0v) is 12.6. The molecule has 0 saturated carbocycles. The molecule has 21 heavy (non-hydrogen) atoms. The van der Waals surface area contributed by atoms with Gasteiger partial charge in [0, 0.05) is 0 Å². The van der Waals surface area contributed by atoms with E-state index in [0.717, 1.165) is 11.1 Å². The second-order valence-electron chi connectivity index (χ2n) is 4.87. The zero-order chi connectivity index (χ0) is 15.5. The molecule has 0 atom stereocenters. The van der Waals surface area contributed by atoms with Crippen molar-refractivity contribution in [1.29, 1.82) is 5.26 Å². The summed E-state index contributed by atoms with van der Waals surface area (Å²) in [5.41, 5.74) is 2.64. The maximum atomic E-state index is 12.1. The van der Waals surface area contributed by atoms with Crippen molar-refractivity contribution < 1.29 is 12.6 Å². The monoisotopic (exact) mass is 301 g/mol. The van der Waals surface area contributed by atoms with Gasteiger partial charge in [0.25, 0.3) is 0 Å². The van der Waals surface area contributed by atoms with E-state index in [9.17, 15) is 8.42 Å². The van der Waals surface area contributed by atoms with Gasteiger partial charge in [-0.05, 0) is 48.7 Å². The van der Waals surface area contributed by atoms with Crippen molar-refractivity contribution in [2.75, 3.05) is 0 Å². The minimum Gasteiger partial charge on any atom is -0.382 e. The Labute approximate surface area is 124 Å². The third-order valence-corrected chi connectivity index (χ3v) is 4.08. The van der Waals surface area contributed by atoms with Crippen LogP contribution in [-0.2, 0) is 15.9 Å². The van der Waals surface area contributed by atoms with E-state index < -0.39 is 10.1 Å². The minimum absolute atomic E-state index is 0.268. The minimum atomic E-state index is -3.76. The molecule has 0 fully saturated rings. The van der Waals surface area contributed by atoms with Crippen LogP contribution in [0.1, 0.15) is 22.3 Å². The number of nitrogens with zero attached hydrogens (tertiary/aromatic N) is 1. The van der Waals surface area contributed by atoms with Crippen LogP contribution in [0.25, 0.3) is 0 Å². The second-order valence-corrected chi connectivity index (χ2v) is 6.44. The van der Waals surface area contributed by atoms with Crippen molar-refractivity contribution >= 4 is 10.1 Å². The molecule has 0 aliphatic heterocycles. The lowest BCUT2D eigenvalue weighted by Crippen LogP contribution is -2.13. The molecule has 0 aliphatic rings. The standard InChI is InChI=1S/C16H15NO3S/c1-12-6-7-13(2)16(8-12)20-21(18,19)11-15-5-3-4-14(9-15)10-17/h3-9H,11H2,1-2H3. The van der Waals surface area contributed by atoms with Gasteiger partial charge < -0.3 is 4.18 Å². The summed E-state index contributed by atoms with van der Waals surface area (Å²) in [7, 11) is -3.76. The number of hydrogen-bond acceptors (Lipinski definition) is 4. The molecule has 0 aliphatic carbocycles. The summed E-state index contributed by atoms with van der Waals surface area (Å²) in [4.78, 5) is 0. The van der Waals surface area contributed by atoms with Crippen LogP contribution < -0.4 is 4.18 Å². The fourth-order valence-corrected chi connectivity index (χ4v) is 3.00. The SMILES string of the molecule is Cc1ccc(C)c(OS(=O)(=O)Cc2cccc(C#N)c2)c1. The molecule has 0 spiro atoms. The fourth-order valence-electron chi connectivity index (χ4n) is 1.90. The molecule has 2 aromatic carbocycles. The highest BCUT2D eigenvalue weighted by molar-refractivity contribution is 7.86. The normalized spacial score (nSPS) is 10.9. The summed E-state index contributed by atoms with van der Waals surface area (Å²) in [5, 5.41) is 8.83. The van der Waals surface area contributed by atoms with Crippen LogP contribution in [0.5, 0.6) is 5.75 Å². The molecule has 0 bridgehead atoms. The van der Waals surface area contributed by atoms with E-state index in [2.05, 4.69) is 0 Å². The van der Waals surface area contributed by atoms with Crippen LogP contribution in [0.2, 0.25) is 0 Å². The Kier molecular flexibility index (Phi) is 4.29. The topological polar surface area (TPSA) is 67.2 Å². The highest BCUT2D eigenvalue weighted by atomic mass is 32.2. The summed E-state index contributed by atoms with van der Waals surface area (Å²) >= 11 is 0. The zero-order valence-electron chi connectivity index (χ0n) is 11.8. The summed E-state index contributed by atoms with van der Waals surface area (Å²) in [5.74, 6) is 0.0713. The Balaban J connectivity index is 2.22. The number of benzene rings is 2. The van der Waals surface area contributed by atoms with Crippen molar-refractivity contribution in [2.45, 2.75) is 19.6 Å². The third-order valence-electron chi connectivity index (χ3n) is 2.96. The summed E-state index contributed by atoms with van der Waals surface area (Å²) in [6, 6.07) is 13.9. The van der Waals surface area contributed by atoms with Crippen LogP contribution >= 0.6 is 0 Å². The van der Waals surface area contributed by atoms with Gasteiger partial charge in [-0.2, -0.15) is 13.7 Å². The summed E-state index contributed by atoms with van der Waals surface area (Å²) in [6.07, 6.45) is 0. The molecule has 0 N–H and O–H groups in total. The lowest BCUT2D eigenvalue weighted by atomic mass is 10.1. The molecule has 0 saturated heterocycles. The Hall–Kier alpha value is -2.32. The molecule has 4 nitrogen and oxygen atoms in total. The molecule has 2 aromatic rings. The maximum Gasteiger partial charge on any atom is 0.313 e. The van der Waals surface area contributed by atoms with Crippen LogP contribution in [0.4, 0.5) is 0 Å². The Morgan fingerprint density at radius 1 is 1.14 bits per heavy atom. The lowest BCUT2D eigenvalue weighted by molar-refractivity contribution is 0.483. The molecular formula is C16H15NO3S. The Bertz CT molecular complexity index is 805. The van der Waals surface area contributed by atoms with E-state index >= 15 is 0 Å². The first-order chi connectivity index (χ1) is 9.89. The lowest BCUT2D eigenvalue weighted by Gasteiger charge is -2.10. The predicted molar refractivity (Wildman–Crippen MR) is 80.3 cm³/mol. The van der Waals surface area contributed by atoms with Crippen LogP contribution in [0.3, 0.4) is 0 Å². The van der Waals surface area contributed by atoms with E-state index in [0.29, 0.717) is 16.9 Å². The second kappa shape index (κ2) is 5.98. The molecule has 0 aromatic heterocycles. The van der Waals surface area contributed by atoms with Crippen LogP contribution in [0, 0.1) is 25.2 Å². The predicted octanol–water partition coefficient (Wildman–Crippen LogP) is 3.08.